The Morgan fingerprint density at radius 1 is 1.20 bits per heavy atom. The van der Waals surface area contributed by atoms with E-state index in [0.29, 0.717) is 12.2 Å². The summed E-state index contributed by atoms with van der Waals surface area (Å²) in [5, 5.41) is 4.99. The van der Waals surface area contributed by atoms with Crippen molar-refractivity contribution in [1.82, 2.24) is 5.32 Å². The van der Waals surface area contributed by atoms with Gasteiger partial charge in [-0.15, -0.1) is 0 Å². The average Bonchev–Trinajstić information content (AvgIpc) is 2.61. The number of nitrogens with one attached hydrogen (secondary N) is 2. The van der Waals surface area contributed by atoms with E-state index in [1.165, 1.54) is 21.1 Å². The zero-order valence-electron chi connectivity index (χ0n) is 14.6. The molecule has 1 aliphatic rings. The first-order valence-corrected chi connectivity index (χ1v) is 8.02. The van der Waals surface area contributed by atoms with Gasteiger partial charge in [0.15, 0.2) is 6.29 Å². The largest absolute Gasteiger partial charge is 0.354 e. The molecule has 1 heterocycles. The van der Waals surface area contributed by atoms with Crippen LogP contribution >= 0.6 is 0 Å². The molecule has 0 fully saturated rings. The normalized spacial score (nSPS) is 13.4. The van der Waals surface area contributed by atoms with Gasteiger partial charge >= 0.3 is 11.8 Å². The number of ether oxygens (including phenoxy) is 2. The Kier molecular flexibility index (Phi) is 6.49. The van der Waals surface area contributed by atoms with Gasteiger partial charge in [-0.1, -0.05) is 0 Å². The lowest BCUT2D eigenvalue weighted by atomic mass is 10.0. The summed E-state index contributed by atoms with van der Waals surface area (Å²) in [5.74, 6) is -1.56. The molecule has 136 valence electrons. The number of carbonyl (C=O) groups is 3. The number of benzene rings is 1. The summed E-state index contributed by atoms with van der Waals surface area (Å²) in [7, 11) is 2.88. The van der Waals surface area contributed by atoms with E-state index >= 15 is 0 Å². The summed E-state index contributed by atoms with van der Waals surface area (Å²) in [6.45, 7) is 2.29. The van der Waals surface area contributed by atoms with Crippen LogP contribution in [0.2, 0.25) is 0 Å². The highest BCUT2D eigenvalue weighted by molar-refractivity contribution is 6.39. The van der Waals surface area contributed by atoms with E-state index in [4.69, 9.17) is 9.47 Å². The molecule has 2 rings (SSSR count). The third kappa shape index (κ3) is 4.77. The third-order valence-corrected chi connectivity index (χ3v) is 4.00. The number of fused-ring (bicyclic) bond motifs is 1. The Morgan fingerprint density at radius 3 is 2.56 bits per heavy atom. The van der Waals surface area contributed by atoms with E-state index in [1.54, 1.807) is 23.1 Å². The molecule has 8 heteroatoms. The Bertz CT molecular complexity index is 658. The van der Waals surface area contributed by atoms with Crippen molar-refractivity contribution in [1.29, 1.82) is 0 Å². The van der Waals surface area contributed by atoms with Gasteiger partial charge in [-0.05, 0) is 36.6 Å². The summed E-state index contributed by atoms with van der Waals surface area (Å²) in [5.41, 5.74) is 2.34. The molecule has 0 saturated heterocycles. The summed E-state index contributed by atoms with van der Waals surface area (Å²) in [6.07, 6.45) is 1.07. The van der Waals surface area contributed by atoms with Crippen LogP contribution in [0.5, 0.6) is 0 Å². The molecule has 8 nitrogen and oxygen atoms in total. The number of nitrogens with zero attached hydrogens (tertiary/aromatic N) is 1. The quantitative estimate of drug-likeness (QED) is 0.601. The first-order chi connectivity index (χ1) is 12.0. The molecule has 2 N–H and O–H groups in total. The number of aryl methyl sites for hydroxylation is 1. The highest BCUT2D eigenvalue weighted by Gasteiger charge is 2.21. The van der Waals surface area contributed by atoms with E-state index in [0.717, 1.165) is 24.1 Å². The Hall–Kier alpha value is -2.45. The van der Waals surface area contributed by atoms with Gasteiger partial charge in [0.1, 0.15) is 0 Å². The fourth-order valence-corrected chi connectivity index (χ4v) is 2.71. The molecular formula is C17H23N3O5. The predicted octanol–water partition coefficient (Wildman–Crippen LogP) is 0.659. The van der Waals surface area contributed by atoms with Crippen LogP contribution in [0.1, 0.15) is 18.9 Å². The van der Waals surface area contributed by atoms with Gasteiger partial charge in [-0.3, -0.25) is 14.4 Å². The van der Waals surface area contributed by atoms with Crippen LogP contribution < -0.4 is 15.5 Å². The van der Waals surface area contributed by atoms with E-state index in [-0.39, 0.29) is 12.5 Å². The Labute approximate surface area is 146 Å². The van der Waals surface area contributed by atoms with E-state index < -0.39 is 18.1 Å². The van der Waals surface area contributed by atoms with Crippen molar-refractivity contribution in [2.75, 3.05) is 37.5 Å². The van der Waals surface area contributed by atoms with E-state index in [2.05, 4.69) is 10.6 Å². The van der Waals surface area contributed by atoms with Crippen LogP contribution in [0.15, 0.2) is 18.2 Å². The standard InChI is InChI=1S/C17H23N3O5/c1-11(21)20-8-4-5-12-9-13(6-7-14(12)20)19-17(23)16(22)18-10-15(24-2)25-3/h6-7,9,15H,4-5,8,10H2,1-3H3,(H,18,22)(H,19,23). The maximum absolute atomic E-state index is 12.0. The van der Waals surface area contributed by atoms with E-state index in [9.17, 15) is 14.4 Å². The zero-order valence-corrected chi connectivity index (χ0v) is 14.6. The Morgan fingerprint density at radius 2 is 1.92 bits per heavy atom. The van der Waals surface area contributed by atoms with Gasteiger partial charge in [0.05, 0.1) is 6.54 Å². The second-order valence-corrected chi connectivity index (χ2v) is 5.68. The van der Waals surface area contributed by atoms with Crippen LogP contribution in [-0.2, 0) is 30.3 Å². The smallest absolute Gasteiger partial charge is 0.313 e. The summed E-state index contributed by atoms with van der Waals surface area (Å²) in [4.78, 5) is 37.2. The second-order valence-electron chi connectivity index (χ2n) is 5.68. The number of hydrogen-bond donors (Lipinski definition) is 2. The molecule has 1 aromatic rings. The molecule has 25 heavy (non-hydrogen) atoms. The number of amides is 3. The fourth-order valence-electron chi connectivity index (χ4n) is 2.71. The van der Waals surface area contributed by atoms with Crippen molar-refractivity contribution in [3.8, 4) is 0 Å². The predicted molar refractivity (Wildman–Crippen MR) is 92.2 cm³/mol. The molecule has 0 aliphatic carbocycles. The summed E-state index contributed by atoms with van der Waals surface area (Å²) < 4.78 is 9.88. The first-order valence-electron chi connectivity index (χ1n) is 8.02. The van der Waals surface area contributed by atoms with Gasteiger partial charge in [0.2, 0.25) is 5.91 Å². The maximum atomic E-state index is 12.0. The van der Waals surface area contributed by atoms with Crippen molar-refractivity contribution in [3.63, 3.8) is 0 Å². The molecule has 0 saturated carbocycles. The minimum Gasteiger partial charge on any atom is -0.354 e. The van der Waals surface area contributed by atoms with Gasteiger partial charge < -0.3 is 25.0 Å². The number of carbonyl (C=O) groups excluding carboxylic acids is 3. The van der Waals surface area contributed by atoms with Gasteiger partial charge in [-0.25, -0.2) is 0 Å². The number of anilines is 2. The average molecular weight is 349 g/mol. The van der Waals surface area contributed by atoms with Crippen LogP contribution in [0.4, 0.5) is 11.4 Å². The minimum absolute atomic E-state index is 0.0112. The summed E-state index contributed by atoms with van der Waals surface area (Å²) in [6, 6.07) is 5.26. The first kappa shape index (κ1) is 18.9. The van der Waals surface area contributed by atoms with Gasteiger partial charge in [0, 0.05) is 39.1 Å². The molecular weight excluding hydrogens is 326 g/mol. The lowest BCUT2D eigenvalue weighted by Crippen LogP contribution is -2.40. The molecule has 1 aromatic carbocycles. The fraction of sp³-hybridized carbons (Fsp3) is 0.471. The van der Waals surface area contributed by atoms with Crippen LogP contribution in [0, 0.1) is 0 Å². The van der Waals surface area contributed by atoms with Crippen molar-refractivity contribution in [2.45, 2.75) is 26.1 Å². The lowest BCUT2D eigenvalue weighted by molar-refractivity contribution is -0.139. The molecule has 3 amide bonds. The Balaban J connectivity index is 2.00. The molecule has 0 bridgehead atoms. The monoisotopic (exact) mass is 349 g/mol. The van der Waals surface area contributed by atoms with E-state index in [1.807, 2.05) is 0 Å². The highest BCUT2D eigenvalue weighted by atomic mass is 16.7. The van der Waals surface area contributed by atoms with Crippen LogP contribution in [0.3, 0.4) is 0 Å². The van der Waals surface area contributed by atoms with Gasteiger partial charge in [-0.2, -0.15) is 0 Å². The van der Waals surface area contributed by atoms with Crippen molar-refractivity contribution in [2.24, 2.45) is 0 Å². The summed E-state index contributed by atoms with van der Waals surface area (Å²) >= 11 is 0. The number of rotatable bonds is 5. The highest BCUT2D eigenvalue weighted by Crippen LogP contribution is 2.29. The molecule has 0 radical (unpaired) electrons. The zero-order chi connectivity index (χ0) is 18.4. The molecule has 0 unspecified atom stereocenters. The number of hydrogen-bond acceptors (Lipinski definition) is 5. The van der Waals surface area contributed by atoms with Crippen molar-refractivity contribution >= 4 is 29.1 Å². The minimum atomic E-state index is -0.776. The van der Waals surface area contributed by atoms with Crippen molar-refractivity contribution < 1.29 is 23.9 Å². The molecule has 0 spiro atoms. The second kappa shape index (κ2) is 8.59. The molecule has 0 atom stereocenters. The lowest BCUT2D eigenvalue weighted by Gasteiger charge is -2.28. The molecule has 1 aliphatic heterocycles. The van der Waals surface area contributed by atoms with Gasteiger partial charge in [0.25, 0.3) is 0 Å². The maximum Gasteiger partial charge on any atom is 0.313 e. The topological polar surface area (TPSA) is 97.0 Å². The number of methoxy groups -OCH3 is 2. The SMILES string of the molecule is COC(CNC(=O)C(=O)Nc1ccc2c(c1)CCCN2C(C)=O)OC. The molecule has 0 aromatic heterocycles. The van der Waals surface area contributed by atoms with Crippen LogP contribution in [0.25, 0.3) is 0 Å². The van der Waals surface area contributed by atoms with Crippen LogP contribution in [-0.4, -0.2) is 51.3 Å². The van der Waals surface area contributed by atoms with Crippen molar-refractivity contribution in [3.05, 3.63) is 23.8 Å². The third-order valence-electron chi connectivity index (χ3n) is 4.00.